The van der Waals surface area contributed by atoms with Gasteiger partial charge in [-0.15, -0.1) is 0 Å². The summed E-state index contributed by atoms with van der Waals surface area (Å²) in [6.45, 7) is 3.90. The van der Waals surface area contributed by atoms with E-state index < -0.39 is 6.10 Å². The Morgan fingerprint density at radius 3 is 0.714 bits per heavy atom. The molecule has 0 rings (SSSR count). The van der Waals surface area contributed by atoms with Gasteiger partial charge in [0.25, 0.3) is 0 Å². The average molecular weight is 1150 g/mol. The van der Waals surface area contributed by atoms with Crippen LogP contribution in [0.15, 0.2) is 194 Å². The highest BCUT2D eigenvalue weighted by molar-refractivity contribution is 5.70. The summed E-state index contributed by atoms with van der Waals surface area (Å²) in [7, 11) is 0. The lowest BCUT2D eigenvalue weighted by Crippen LogP contribution is -2.28. The Balaban J connectivity index is 3.59. The largest absolute Gasteiger partial charge is 0.462 e. The van der Waals surface area contributed by atoms with Crippen molar-refractivity contribution in [2.75, 3.05) is 13.2 Å². The van der Waals surface area contributed by atoms with Crippen LogP contribution in [-0.4, -0.2) is 36.4 Å². The van der Waals surface area contributed by atoms with Gasteiger partial charge in [-0.25, -0.2) is 0 Å². The second-order valence-electron chi connectivity index (χ2n) is 21.8. The van der Waals surface area contributed by atoms with E-state index in [1.165, 1.54) is 103 Å². The smallest absolute Gasteiger partial charge is 0.306 e. The molecule has 0 aromatic carbocycles. The summed E-state index contributed by atoms with van der Waals surface area (Å²) in [5, 5.41) is 9.70. The highest BCUT2D eigenvalue weighted by Crippen LogP contribution is 2.15. The molecule has 0 spiro atoms. The van der Waals surface area contributed by atoms with Gasteiger partial charge in [-0.1, -0.05) is 311 Å². The van der Waals surface area contributed by atoms with Crippen molar-refractivity contribution in [1.82, 2.24) is 0 Å². The van der Waals surface area contributed by atoms with Crippen LogP contribution in [0.1, 0.15) is 271 Å². The molecule has 0 heterocycles. The standard InChI is InChI=1S/C79H124O5/c1-3-5-7-9-11-13-15-17-19-21-23-25-27-29-31-33-34-35-36-37-38-39-40-41-42-43-44-46-48-50-52-54-56-58-60-62-64-66-68-70-72-74-79(82)84-77(75-80)76-83-78(81)73-71-69-67-65-63-61-59-57-55-53-51-49-47-45-32-30-28-26-24-22-20-18-16-14-12-10-8-6-4-2/h5-8,11-14,17-20,23-26,29-32,34-35,37-38,40-41,43-44,47-50,77,80H,3-4,9-10,15-16,21-22,27-28,33,36,39,42,45-46,51-76H2,1-2H3/b7-5-,8-6-,13-11-,14-12-,19-17-,20-18-,25-23-,26-24-,31-29-,32-30-,35-34-,38-37-,41-40-,44-43-,49-47-,50-48-. The van der Waals surface area contributed by atoms with Crippen molar-refractivity contribution in [3.8, 4) is 0 Å². The van der Waals surface area contributed by atoms with Crippen molar-refractivity contribution in [2.24, 2.45) is 0 Å². The van der Waals surface area contributed by atoms with Gasteiger partial charge in [0.1, 0.15) is 6.61 Å². The van der Waals surface area contributed by atoms with Crippen LogP contribution >= 0.6 is 0 Å². The van der Waals surface area contributed by atoms with Crippen molar-refractivity contribution >= 4 is 11.9 Å². The van der Waals surface area contributed by atoms with Crippen LogP contribution in [-0.2, 0) is 19.1 Å². The zero-order chi connectivity index (χ0) is 60.5. The van der Waals surface area contributed by atoms with Gasteiger partial charge in [0, 0.05) is 12.8 Å². The van der Waals surface area contributed by atoms with Crippen LogP contribution < -0.4 is 0 Å². The zero-order valence-electron chi connectivity index (χ0n) is 53.8. The number of allylic oxidation sites excluding steroid dienone is 32. The fourth-order valence-electron chi connectivity index (χ4n) is 8.88. The van der Waals surface area contributed by atoms with E-state index in [0.717, 1.165) is 141 Å². The minimum Gasteiger partial charge on any atom is -0.462 e. The molecule has 0 fully saturated rings. The van der Waals surface area contributed by atoms with E-state index in [-0.39, 0.29) is 25.2 Å². The third kappa shape index (κ3) is 69.2. The van der Waals surface area contributed by atoms with E-state index in [9.17, 15) is 14.7 Å². The first-order valence-corrected chi connectivity index (χ1v) is 34.0. The number of ether oxygens (including phenoxy) is 2. The first-order chi connectivity index (χ1) is 41.6. The van der Waals surface area contributed by atoms with E-state index >= 15 is 0 Å². The van der Waals surface area contributed by atoms with E-state index in [1.54, 1.807) is 0 Å². The highest BCUT2D eigenvalue weighted by atomic mass is 16.6. The number of carbonyl (C=O) groups is 2. The molecular weight excluding hydrogens is 1030 g/mol. The molecule has 0 saturated heterocycles. The lowest BCUT2D eigenvalue weighted by molar-refractivity contribution is -0.161. The van der Waals surface area contributed by atoms with Crippen LogP contribution in [0.5, 0.6) is 0 Å². The number of esters is 2. The Hall–Kier alpha value is -5.26. The van der Waals surface area contributed by atoms with Gasteiger partial charge >= 0.3 is 11.9 Å². The Morgan fingerprint density at radius 2 is 0.476 bits per heavy atom. The SMILES string of the molecule is CC/C=C\C/C=C\C/C=C\C/C=C\C/C=C\C/C=C\C/C=C\C/C=C\C/C=C\C/C=C\CCCCCCCCCCCCC(=O)OC(CO)COC(=O)CCCCCCCCCCCC/C=C\C/C=C\C/C=C\C/C=C\C/C=C\C/C=C\CC. The van der Waals surface area contributed by atoms with E-state index in [2.05, 4.69) is 208 Å². The number of rotatable bonds is 60. The van der Waals surface area contributed by atoms with Gasteiger partial charge in [0.2, 0.25) is 0 Å². The highest BCUT2D eigenvalue weighted by Gasteiger charge is 2.16. The third-order valence-electron chi connectivity index (χ3n) is 13.9. The maximum absolute atomic E-state index is 12.4. The molecule has 0 bridgehead atoms. The minimum atomic E-state index is -0.792. The molecule has 470 valence electrons. The maximum atomic E-state index is 12.4. The summed E-state index contributed by atoms with van der Waals surface area (Å²) >= 11 is 0. The predicted octanol–water partition coefficient (Wildman–Crippen LogP) is 24.0. The molecule has 0 saturated carbocycles. The molecular formula is C79H124O5. The van der Waals surface area contributed by atoms with E-state index in [1.807, 2.05) is 0 Å². The summed E-state index contributed by atoms with van der Waals surface area (Å²) in [6, 6.07) is 0. The molecule has 0 amide bonds. The van der Waals surface area contributed by atoms with Crippen molar-refractivity contribution in [1.29, 1.82) is 0 Å². The van der Waals surface area contributed by atoms with Gasteiger partial charge in [-0.2, -0.15) is 0 Å². The summed E-state index contributed by atoms with van der Waals surface area (Å²) in [5.41, 5.74) is 0. The van der Waals surface area contributed by atoms with Gasteiger partial charge in [-0.05, 0) is 141 Å². The monoisotopic (exact) mass is 1150 g/mol. The molecule has 5 heteroatoms. The lowest BCUT2D eigenvalue weighted by Gasteiger charge is -2.15. The number of hydrogen-bond acceptors (Lipinski definition) is 5. The molecule has 1 N–H and O–H groups in total. The molecule has 0 aromatic rings. The molecule has 0 aliphatic rings. The first-order valence-electron chi connectivity index (χ1n) is 34.0. The summed E-state index contributed by atoms with van der Waals surface area (Å²) < 4.78 is 10.7. The summed E-state index contributed by atoms with van der Waals surface area (Å²) in [6.07, 6.45) is 114. The second kappa shape index (κ2) is 72.0. The fraction of sp³-hybridized carbons (Fsp3) is 0.570. The zero-order valence-corrected chi connectivity index (χ0v) is 53.8. The molecule has 84 heavy (non-hydrogen) atoms. The van der Waals surface area contributed by atoms with Gasteiger partial charge in [-0.3, -0.25) is 9.59 Å². The Kier molecular flexibility index (Phi) is 67.5. The Bertz CT molecular complexity index is 1930. The topological polar surface area (TPSA) is 72.8 Å². The summed E-state index contributed by atoms with van der Waals surface area (Å²) in [5.74, 6) is -0.609. The fourth-order valence-corrected chi connectivity index (χ4v) is 8.88. The molecule has 0 aliphatic heterocycles. The van der Waals surface area contributed by atoms with Crippen molar-refractivity contribution in [3.63, 3.8) is 0 Å². The van der Waals surface area contributed by atoms with E-state index in [4.69, 9.17) is 9.47 Å². The second-order valence-corrected chi connectivity index (χ2v) is 21.8. The van der Waals surface area contributed by atoms with Gasteiger partial charge < -0.3 is 14.6 Å². The molecule has 1 atom stereocenters. The molecule has 1 unspecified atom stereocenters. The lowest BCUT2D eigenvalue weighted by atomic mass is 10.0. The van der Waals surface area contributed by atoms with Crippen LogP contribution in [0.25, 0.3) is 0 Å². The first kappa shape index (κ1) is 78.7. The Labute approximate surface area is 518 Å². The molecule has 0 radical (unpaired) electrons. The van der Waals surface area contributed by atoms with Crippen molar-refractivity contribution < 1.29 is 24.2 Å². The van der Waals surface area contributed by atoms with Crippen LogP contribution in [0.2, 0.25) is 0 Å². The van der Waals surface area contributed by atoms with Gasteiger partial charge in [0.05, 0.1) is 6.61 Å². The summed E-state index contributed by atoms with van der Waals surface area (Å²) in [4.78, 5) is 24.6. The quantitative estimate of drug-likeness (QED) is 0.0373. The van der Waals surface area contributed by atoms with Crippen LogP contribution in [0.3, 0.4) is 0 Å². The van der Waals surface area contributed by atoms with Crippen molar-refractivity contribution in [2.45, 2.75) is 277 Å². The predicted molar refractivity (Wildman–Crippen MR) is 370 cm³/mol. The minimum absolute atomic E-state index is 0.0808. The van der Waals surface area contributed by atoms with Crippen molar-refractivity contribution in [3.05, 3.63) is 194 Å². The third-order valence-corrected chi connectivity index (χ3v) is 13.9. The molecule has 5 nitrogen and oxygen atoms in total. The molecule has 0 aromatic heterocycles. The van der Waals surface area contributed by atoms with Crippen LogP contribution in [0.4, 0.5) is 0 Å². The molecule has 0 aliphatic carbocycles. The maximum Gasteiger partial charge on any atom is 0.306 e. The number of unbranched alkanes of at least 4 members (excludes halogenated alkanes) is 20. The van der Waals surface area contributed by atoms with E-state index in [0.29, 0.717) is 12.8 Å². The number of aliphatic hydroxyl groups is 1. The normalized spacial score (nSPS) is 13.5. The number of hydrogen-bond donors (Lipinski definition) is 1. The number of carbonyl (C=O) groups excluding carboxylic acids is 2. The van der Waals surface area contributed by atoms with Gasteiger partial charge in [0.15, 0.2) is 6.10 Å². The van der Waals surface area contributed by atoms with Crippen LogP contribution in [0, 0.1) is 0 Å². The average Bonchev–Trinajstić information content (AvgIpc) is 3.51. The number of aliphatic hydroxyl groups excluding tert-OH is 1. The Morgan fingerprint density at radius 1 is 0.274 bits per heavy atom.